The number of carbonyl (C=O) groups excluding carboxylic acids is 2. The van der Waals surface area contributed by atoms with E-state index in [0.717, 1.165) is 15.3 Å². The van der Waals surface area contributed by atoms with Gasteiger partial charge < -0.3 is 9.47 Å². The van der Waals surface area contributed by atoms with Crippen molar-refractivity contribution in [3.63, 3.8) is 0 Å². The molecule has 3 aromatic carbocycles. The van der Waals surface area contributed by atoms with Crippen molar-refractivity contribution < 1.29 is 27.5 Å². The molecule has 4 aromatic rings. The molecule has 0 saturated carbocycles. The molecule has 4 rings (SSSR count). The summed E-state index contributed by atoms with van der Waals surface area (Å²) in [7, 11) is -0.768. The zero-order valence-corrected chi connectivity index (χ0v) is 21.5. The minimum atomic E-state index is -3.63. The number of hydrogen-bond donors (Lipinski definition) is 0. The molecule has 0 aliphatic heterocycles. The molecule has 0 spiro atoms. The number of benzene rings is 3. The molecule has 0 bridgehead atoms. The molecule has 0 atom stereocenters. The van der Waals surface area contributed by atoms with E-state index in [4.69, 9.17) is 9.47 Å². The highest BCUT2D eigenvalue weighted by Crippen LogP contribution is 2.34. The number of aromatic nitrogens is 1. The summed E-state index contributed by atoms with van der Waals surface area (Å²) in [4.78, 5) is 30.6. The number of hydrogen-bond acceptors (Lipinski definition) is 7. The SMILES string of the molecule is CCOC(=O)c1c(COC(=O)c2ccc(S(=O)(=O)N(C)C)cc2)nc2ccccc2c1-c1ccccc1. The van der Waals surface area contributed by atoms with Crippen LogP contribution >= 0.6 is 0 Å². The van der Waals surface area contributed by atoms with Gasteiger partial charge in [-0.15, -0.1) is 0 Å². The molecule has 0 radical (unpaired) electrons. The lowest BCUT2D eigenvalue weighted by Crippen LogP contribution is -2.22. The van der Waals surface area contributed by atoms with E-state index >= 15 is 0 Å². The van der Waals surface area contributed by atoms with Crippen molar-refractivity contribution in [2.24, 2.45) is 0 Å². The molecular weight excluding hydrogens is 492 g/mol. The summed E-state index contributed by atoms with van der Waals surface area (Å²) in [5.41, 5.74) is 2.74. The second-order valence-electron chi connectivity index (χ2n) is 8.30. The number of carbonyl (C=O) groups is 2. The fourth-order valence-corrected chi connectivity index (χ4v) is 4.79. The molecule has 0 saturated heterocycles. The van der Waals surface area contributed by atoms with E-state index in [9.17, 15) is 18.0 Å². The molecule has 0 fully saturated rings. The van der Waals surface area contributed by atoms with Crippen molar-refractivity contribution in [2.75, 3.05) is 20.7 Å². The molecule has 0 aliphatic rings. The van der Waals surface area contributed by atoms with E-state index < -0.39 is 22.0 Å². The van der Waals surface area contributed by atoms with Gasteiger partial charge in [-0.3, -0.25) is 0 Å². The predicted molar refractivity (Wildman–Crippen MR) is 140 cm³/mol. The van der Waals surface area contributed by atoms with Gasteiger partial charge in [0.05, 0.1) is 33.8 Å². The second-order valence-corrected chi connectivity index (χ2v) is 10.5. The number of para-hydroxylation sites is 1. The third kappa shape index (κ3) is 5.37. The van der Waals surface area contributed by atoms with Crippen LogP contribution in [0, 0.1) is 0 Å². The van der Waals surface area contributed by atoms with E-state index in [2.05, 4.69) is 4.98 Å². The normalized spacial score (nSPS) is 11.5. The number of nitrogens with zero attached hydrogens (tertiary/aromatic N) is 2. The van der Waals surface area contributed by atoms with Crippen LogP contribution in [0.2, 0.25) is 0 Å². The first-order valence-corrected chi connectivity index (χ1v) is 13.0. The molecule has 8 nitrogen and oxygen atoms in total. The van der Waals surface area contributed by atoms with Gasteiger partial charge in [-0.2, -0.15) is 0 Å². The lowest BCUT2D eigenvalue weighted by atomic mass is 9.94. The van der Waals surface area contributed by atoms with Crippen LogP contribution in [-0.4, -0.2) is 50.3 Å². The lowest BCUT2D eigenvalue weighted by molar-refractivity contribution is 0.0445. The highest BCUT2D eigenvalue weighted by molar-refractivity contribution is 7.89. The van der Waals surface area contributed by atoms with Crippen molar-refractivity contribution in [1.82, 2.24) is 9.29 Å². The monoisotopic (exact) mass is 518 g/mol. The molecule has 37 heavy (non-hydrogen) atoms. The number of rotatable bonds is 8. The second kappa shape index (κ2) is 10.9. The molecule has 0 N–H and O–H groups in total. The van der Waals surface area contributed by atoms with Crippen LogP contribution in [0.1, 0.15) is 33.3 Å². The van der Waals surface area contributed by atoms with Crippen LogP contribution in [0.3, 0.4) is 0 Å². The van der Waals surface area contributed by atoms with Crippen molar-refractivity contribution in [1.29, 1.82) is 0 Å². The van der Waals surface area contributed by atoms with E-state index in [1.165, 1.54) is 38.4 Å². The molecule has 1 heterocycles. The lowest BCUT2D eigenvalue weighted by Gasteiger charge is -2.17. The molecule has 0 aliphatic carbocycles. The molecular formula is C28H26N2O6S. The van der Waals surface area contributed by atoms with Crippen molar-refractivity contribution in [3.8, 4) is 11.1 Å². The topological polar surface area (TPSA) is 103 Å². The summed E-state index contributed by atoms with van der Waals surface area (Å²) >= 11 is 0. The Hall–Kier alpha value is -4.08. The van der Waals surface area contributed by atoms with Crippen LogP contribution in [0.4, 0.5) is 0 Å². The largest absolute Gasteiger partial charge is 0.462 e. The van der Waals surface area contributed by atoms with Crippen molar-refractivity contribution >= 4 is 32.9 Å². The Balaban J connectivity index is 1.72. The van der Waals surface area contributed by atoms with Gasteiger partial charge >= 0.3 is 11.9 Å². The standard InChI is InChI=1S/C28H26N2O6S/c1-4-35-28(32)26-24(18-36-27(31)20-14-16-21(17-15-20)37(33,34)30(2)3)29-23-13-9-8-12-22(23)25(26)19-10-6-5-7-11-19/h5-17H,4,18H2,1-3H3. The van der Waals surface area contributed by atoms with Crippen LogP contribution in [0.5, 0.6) is 0 Å². The minimum absolute atomic E-state index is 0.0577. The number of fused-ring (bicyclic) bond motifs is 1. The van der Waals surface area contributed by atoms with E-state index in [-0.39, 0.29) is 34.9 Å². The summed E-state index contributed by atoms with van der Waals surface area (Å²) in [5.74, 6) is -1.25. The number of sulfonamides is 1. The third-order valence-electron chi connectivity index (χ3n) is 5.72. The Bertz CT molecular complexity index is 1550. The summed E-state index contributed by atoms with van der Waals surface area (Å²) in [6.45, 7) is 1.60. The molecule has 190 valence electrons. The average Bonchev–Trinajstić information content (AvgIpc) is 2.91. The Labute approximate surface area is 215 Å². The first kappa shape index (κ1) is 26.0. The Morgan fingerprint density at radius 3 is 2.14 bits per heavy atom. The van der Waals surface area contributed by atoms with E-state index in [1.807, 2.05) is 54.6 Å². The van der Waals surface area contributed by atoms with Gasteiger partial charge in [-0.1, -0.05) is 48.5 Å². The van der Waals surface area contributed by atoms with Crippen LogP contribution in [0.15, 0.2) is 83.8 Å². The minimum Gasteiger partial charge on any atom is -0.462 e. The van der Waals surface area contributed by atoms with Gasteiger partial charge in [-0.25, -0.2) is 27.3 Å². The first-order valence-electron chi connectivity index (χ1n) is 11.6. The van der Waals surface area contributed by atoms with Gasteiger partial charge in [0, 0.05) is 25.0 Å². The Morgan fingerprint density at radius 2 is 1.49 bits per heavy atom. The summed E-state index contributed by atoms with van der Waals surface area (Å²) in [6, 6.07) is 22.3. The zero-order chi connectivity index (χ0) is 26.6. The van der Waals surface area contributed by atoms with Gasteiger partial charge in [0.2, 0.25) is 10.0 Å². The van der Waals surface area contributed by atoms with Gasteiger partial charge in [0.15, 0.2) is 0 Å². The summed E-state index contributed by atoms with van der Waals surface area (Å²) in [6.07, 6.45) is 0. The summed E-state index contributed by atoms with van der Waals surface area (Å²) in [5, 5.41) is 0.768. The maximum absolute atomic E-state index is 13.1. The molecule has 0 amide bonds. The maximum atomic E-state index is 13.1. The summed E-state index contributed by atoms with van der Waals surface area (Å²) < 4.78 is 36.6. The van der Waals surface area contributed by atoms with Crippen molar-refractivity contribution in [2.45, 2.75) is 18.4 Å². The molecule has 9 heteroatoms. The smallest absolute Gasteiger partial charge is 0.340 e. The van der Waals surface area contributed by atoms with Crippen LogP contribution in [0.25, 0.3) is 22.0 Å². The van der Waals surface area contributed by atoms with Crippen molar-refractivity contribution in [3.05, 3.63) is 95.7 Å². The fourth-order valence-electron chi connectivity index (χ4n) is 3.89. The van der Waals surface area contributed by atoms with Crippen LogP contribution in [-0.2, 0) is 26.1 Å². The molecule has 0 unspecified atom stereocenters. The van der Waals surface area contributed by atoms with Gasteiger partial charge in [0.1, 0.15) is 6.61 Å². The van der Waals surface area contributed by atoms with Gasteiger partial charge in [-0.05, 0) is 42.8 Å². The van der Waals surface area contributed by atoms with E-state index in [0.29, 0.717) is 11.1 Å². The highest BCUT2D eigenvalue weighted by atomic mass is 32.2. The number of esters is 2. The first-order chi connectivity index (χ1) is 17.7. The van der Waals surface area contributed by atoms with E-state index in [1.54, 1.807) is 6.92 Å². The Morgan fingerprint density at radius 1 is 0.838 bits per heavy atom. The zero-order valence-electron chi connectivity index (χ0n) is 20.7. The predicted octanol–water partition coefficient (Wildman–Crippen LogP) is 4.69. The number of ether oxygens (including phenoxy) is 2. The quantitative estimate of drug-likeness (QED) is 0.312. The maximum Gasteiger partial charge on any atom is 0.340 e. The average molecular weight is 519 g/mol. The molecule has 1 aromatic heterocycles. The van der Waals surface area contributed by atoms with Crippen LogP contribution < -0.4 is 0 Å². The number of pyridine rings is 1. The van der Waals surface area contributed by atoms with Gasteiger partial charge in [0.25, 0.3) is 0 Å². The fraction of sp³-hybridized carbons (Fsp3) is 0.179. The Kier molecular flexibility index (Phi) is 7.66. The highest BCUT2D eigenvalue weighted by Gasteiger charge is 2.25. The third-order valence-corrected chi connectivity index (χ3v) is 7.55.